The maximum atomic E-state index is 12.3. The monoisotopic (exact) mass is 342 g/mol. The summed E-state index contributed by atoms with van der Waals surface area (Å²) in [5, 5.41) is 3.80. The van der Waals surface area contributed by atoms with Gasteiger partial charge in [-0.3, -0.25) is 4.79 Å². The highest BCUT2D eigenvalue weighted by molar-refractivity contribution is 9.10. The Labute approximate surface area is 126 Å². The molecule has 2 rings (SSSR count). The van der Waals surface area contributed by atoms with Crippen LogP contribution in [-0.4, -0.2) is 23.5 Å². The molecule has 0 spiro atoms. The lowest BCUT2D eigenvalue weighted by Gasteiger charge is -2.28. The van der Waals surface area contributed by atoms with Crippen LogP contribution in [0.2, 0.25) is 0 Å². The number of nitrogen functional groups attached to an aromatic ring is 1. The minimum Gasteiger partial charge on any atom is -0.399 e. The van der Waals surface area contributed by atoms with Gasteiger partial charge >= 0.3 is 0 Å². The van der Waals surface area contributed by atoms with E-state index in [1.165, 1.54) is 12.8 Å². The minimum atomic E-state index is -0.0362. The fraction of sp³-hybridized carbons (Fsp3) is 0.500. The molecule has 0 heterocycles. The molecule has 1 amide bonds. The van der Waals surface area contributed by atoms with Crippen LogP contribution in [0.15, 0.2) is 22.7 Å². The van der Waals surface area contributed by atoms with E-state index >= 15 is 0 Å². The molecule has 19 heavy (non-hydrogen) atoms. The lowest BCUT2D eigenvalue weighted by atomic mass is 9.94. The van der Waals surface area contributed by atoms with Crippen molar-refractivity contribution in [2.75, 3.05) is 12.0 Å². The van der Waals surface area contributed by atoms with Crippen LogP contribution < -0.4 is 11.1 Å². The molecule has 0 aromatic heterocycles. The van der Waals surface area contributed by atoms with Gasteiger partial charge in [-0.2, -0.15) is 11.8 Å². The summed E-state index contributed by atoms with van der Waals surface area (Å²) in [5.41, 5.74) is 6.96. The first kappa shape index (κ1) is 14.7. The number of hydrogen-bond donors (Lipinski definition) is 2. The Morgan fingerprint density at radius 2 is 2.26 bits per heavy atom. The Hall–Kier alpha value is -0.680. The molecule has 3 nitrogen and oxygen atoms in total. The first-order valence-corrected chi connectivity index (χ1v) is 8.57. The second kappa shape index (κ2) is 6.66. The fourth-order valence-corrected chi connectivity index (χ4v) is 3.72. The number of thioether (sulfide) groups is 1. The molecule has 1 aromatic carbocycles. The van der Waals surface area contributed by atoms with Crippen LogP contribution in [0.3, 0.4) is 0 Å². The Kier molecular flexibility index (Phi) is 5.16. The Morgan fingerprint density at radius 3 is 3.00 bits per heavy atom. The van der Waals surface area contributed by atoms with Crippen LogP contribution in [0.25, 0.3) is 0 Å². The molecule has 0 bridgehead atoms. The highest BCUT2D eigenvalue weighted by atomic mass is 79.9. The van der Waals surface area contributed by atoms with Gasteiger partial charge in [-0.15, -0.1) is 0 Å². The molecule has 1 aromatic rings. The summed E-state index contributed by atoms with van der Waals surface area (Å²) < 4.78 is 0.788. The maximum absolute atomic E-state index is 12.3. The summed E-state index contributed by atoms with van der Waals surface area (Å²) in [6.45, 7) is 0. The molecule has 5 heteroatoms. The molecule has 2 atom stereocenters. The van der Waals surface area contributed by atoms with E-state index in [2.05, 4.69) is 27.5 Å². The van der Waals surface area contributed by atoms with E-state index < -0.39 is 0 Å². The highest BCUT2D eigenvalue weighted by Gasteiger charge is 2.23. The van der Waals surface area contributed by atoms with E-state index in [-0.39, 0.29) is 11.9 Å². The molecule has 104 valence electrons. The van der Waals surface area contributed by atoms with Crippen LogP contribution in [0.5, 0.6) is 0 Å². The average molecular weight is 343 g/mol. The smallest absolute Gasteiger partial charge is 0.252 e. The summed E-state index contributed by atoms with van der Waals surface area (Å²) in [4.78, 5) is 12.3. The lowest BCUT2D eigenvalue weighted by Crippen LogP contribution is -2.39. The van der Waals surface area contributed by atoms with E-state index in [0.29, 0.717) is 16.5 Å². The van der Waals surface area contributed by atoms with E-state index in [1.807, 2.05) is 17.8 Å². The summed E-state index contributed by atoms with van der Waals surface area (Å²) in [7, 11) is 0. The second-order valence-corrected chi connectivity index (χ2v) is 6.93. The van der Waals surface area contributed by atoms with Gasteiger partial charge in [0.2, 0.25) is 0 Å². The van der Waals surface area contributed by atoms with Crippen molar-refractivity contribution in [3.63, 3.8) is 0 Å². The van der Waals surface area contributed by atoms with Gasteiger partial charge in [0.1, 0.15) is 0 Å². The van der Waals surface area contributed by atoms with Gasteiger partial charge in [-0.1, -0.05) is 6.42 Å². The van der Waals surface area contributed by atoms with Gasteiger partial charge in [0.05, 0.1) is 5.56 Å². The number of benzene rings is 1. The van der Waals surface area contributed by atoms with Crippen molar-refractivity contribution in [2.24, 2.45) is 0 Å². The van der Waals surface area contributed by atoms with Gasteiger partial charge < -0.3 is 11.1 Å². The van der Waals surface area contributed by atoms with Crippen LogP contribution in [0, 0.1) is 0 Å². The van der Waals surface area contributed by atoms with E-state index in [4.69, 9.17) is 5.73 Å². The predicted molar refractivity (Wildman–Crippen MR) is 85.6 cm³/mol. The topological polar surface area (TPSA) is 55.1 Å². The van der Waals surface area contributed by atoms with Gasteiger partial charge in [-0.25, -0.2) is 0 Å². The van der Waals surface area contributed by atoms with Crippen LogP contribution in [0.4, 0.5) is 5.69 Å². The molecule has 0 saturated heterocycles. The zero-order valence-corrected chi connectivity index (χ0v) is 13.4. The number of halogens is 1. The van der Waals surface area contributed by atoms with Crippen molar-refractivity contribution in [1.82, 2.24) is 5.32 Å². The highest BCUT2D eigenvalue weighted by Crippen LogP contribution is 2.27. The summed E-state index contributed by atoms with van der Waals surface area (Å²) in [6.07, 6.45) is 6.73. The zero-order chi connectivity index (χ0) is 13.8. The minimum absolute atomic E-state index is 0.0362. The summed E-state index contributed by atoms with van der Waals surface area (Å²) >= 11 is 5.30. The number of anilines is 1. The first-order chi connectivity index (χ1) is 9.10. The van der Waals surface area contributed by atoms with Crippen molar-refractivity contribution in [2.45, 2.75) is 37.0 Å². The van der Waals surface area contributed by atoms with E-state index in [0.717, 1.165) is 17.3 Å². The Balaban J connectivity index is 2.02. The van der Waals surface area contributed by atoms with Gasteiger partial charge in [-0.05, 0) is 59.6 Å². The number of nitrogens with one attached hydrogen (secondary N) is 1. The fourth-order valence-electron chi connectivity index (χ4n) is 2.47. The number of carbonyl (C=O) groups is 1. The third-order valence-electron chi connectivity index (χ3n) is 3.53. The van der Waals surface area contributed by atoms with Crippen LogP contribution in [0.1, 0.15) is 36.0 Å². The molecular weight excluding hydrogens is 324 g/mol. The number of nitrogens with two attached hydrogens (primary N) is 1. The van der Waals surface area contributed by atoms with Gasteiger partial charge in [0, 0.05) is 21.5 Å². The Morgan fingerprint density at radius 1 is 1.47 bits per heavy atom. The van der Waals surface area contributed by atoms with Crippen molar-refractivity contribution in [3.05, 3.63) is 28.2 Å². The predicted octanol–water partition coefficient (Wildman–Crippen LogP) is 3.44. The first-order valence-electron chi connectivity index (χ1n) is 6.49. The largest absolute Gasteiger partial charge is 0.399 e. The molecule has 1 saturated carbocycles. The van der Waals surface area contributed by atoms with Crippen LogP contribution in [-0.2, 0) is 0 Å². The molecule has 0 radical (unpaired) electrons. The summed E-state index contributed by atoms with van der Waals surface area (Å²) in [5.74, 6) is -0.0362. The van der Waals surface area contributed by atoms with E-state index in [9.17, 15) is 4.79 Å². The van der Waals surface area contributed by atoms with Gasteiger partial charge in [0.25, 0.3) is 5.91 Å². The van der Waals surface area contributed by atoms with Crippen molar-refractivity contribution in [3.8, 4) is 0 Å². The molecule has 1 aliphatic carbocycles. The number of rotatable bonds is 3. The van der Waals surface area contributed by atoms with Crippen LogP contribution >= 0.6 is 27.7 Å². The molecule has 1 aliphatic rings. The normalized spacial score (nSPS) is 23.1. The number of amides is 1. The van der Waals surface area contributed by atoms with Gasteiger partial charge in [0.15, 0.2) is 0 Å². The van der Waals surface area contributed by atoms with Crippen molar-refractivity contribution < 1.29 is 4.79 Å². The Bertz CT molecular complexity index is 467. The molecule has 0 aliphatic heterocycles. The molecule has 1 fully saturated rings. The maximum Gasteiger partial charge on any atom is 0.252 e. The standard InChI is InChI=1S/C14H19BrN2OS/c1-19-11-4-2-3-10(8-11)17-14(18)12-7-9(16)5-6-13(12)15/h5-7,10-11H,2-4,8,16H2,1H3,(H,17,18). The third kappa shape index (κ3) is 3.89. The third-order valence-corrected chi connectivity index (χ3v) is 5.32. The number of hydrogen-bond acceptors (Lipinski definition) is 3. The van der Waals surface area contributed by atoms with E-state index in [1.54, 1.807) is 12.1 Å². The van der Waals surface area contributed by atoms with Crippen molar-refractivity contribution in [1.29, 1.82) is 0 Å². The SMILES string of the molecule is CSC1CCCC(NC(=O)c2cc(N)ccc2Br)C1. The number of carbonyl (C=O) groups excluding carboxylic acids is 1. The average Bonchev–Trinajstić information content (AvgIpc) is 2.41. The van der Waals surface area contributed by atoms with Crippen molar-refractivity contribution >= 4 is 39.3 Å². The quantitative estimate of drug-likeness (QED) is 0.827. The second-order valence-electron chi connectivity index (χ2n) is 4.93. The molecule has 3 N–H and O–H groups in total. The zero-order valence-electron chi connectivity index (χ0n) is 11.0. The molecular formula is C14H19BrN2OS. The summed E-state index contributed by atoms with van der Waals surface area (Å²) in [6, 6.07) is 5.60. The lowest BCUT2D eigenvalue weighted by molar-refractivity contribution is 0.0927. The molecule has 2 unspecified atom stereocenters.